The second kappa shape index (κ2) is 7.93. The number of piperidine rings is 1. The van der Waals surface area contributed by atoms with Gasteiger partial charge in [-0.25, -0.2) is 12.7 Å². The summed E-state index contributed by atoms with van der Waals surface area (Å²) in [4.78, 5) is 11.6. The molecule has 6 heteroatoms. The molecule has 1 aromatic carbocycles. The lowest BCUT2D eigenvalue weighted by molar-refractivity contribution is -0.122. The molecule has 1 aromatic rings. The van der Waals surface area contributed by atoms with Crippen LogP contribution in [0.3, 0.4) is 0 Å². The second-order valence-electron chi connectivity index (χ2n) is 6.17. The van der Waals surface area contributed by atoms with Gasteiger partial charge >= 0.3 is 0 Å². The highest BCUT2D eigenvalue weighted by Gasteiger charge is 2.28. The number of sulfonamides is 1. The molecule has 1 aliphatic heterocycles. The lowest BCUT2D eigenvalue weighted by Gasteiger charge is -2.31. The number of benzene rings is 1. The van der Waals surface area contributed by atoms with Crippen molar-refractivity contribution in [3.8, 4) is 0 Å². The van der Waals surface area contributed by atoms with Crippen LogP contribution in [0, 0.1) is 6.92 Å². The normalized spacial score (nSPS) is 17.1. The minimum Gasteiger partial charge on any atom is -0.353 e. The van der Waals surface area contributed by atoms with Crippen LogP contribution in [-0.2, 0) is 20.6 Å². The van der Waals surface area contributed by atoms with Gasteiger partial charge < -0.3 is 5.32 Å². The Labute approximate surface area is 139 Å². The number of hydrogen-bond acceptors (Lipinski definition) is 3. The zero-order valence-electron chi connectivity index (χ0n) is 13.9. The molecule has 1 aliphatic rings. The van der Waals surface area contributed by atoms with E-state index >= 15 is 0 Å². The SMILES string of the molecule is CCCC(=O)NC1CCN(S(=O)(=O)Cc2ccccc2C)CC1. The smallest absolute Gasteiger partial charge is 0.220 e. The van der Waals surface area contributed by atoms with E-state index in [1.54, 1.807) is 4.31 Å². The first kappa shape index (κ1) is 17.9. The highest BCUT2D eigenvalue weighted by molar-refractivity contribution is 7.88. The molecule has 128 valence electrons. The summed E-state index contributed by atoms with van der Waals surface area (Å²) in [7, 11) is -3.30. The molecule has 0 saturated carbocycles. The second-order valence-corrected chi connectivity index (χ2v) is 8.14. The first-order valence-corrected chi connectivity index (χ1v) is 9.85. The number of nitrogens with one attached hydrogen (secondary N) is 1. The van der Waals surface area contributed by atoms with Gasteiger partial charge in [-0.05, 0) is 37.3 Å². The van der Waals surface area contributed by atoms with E-state index < -0.39 is 10.0 Å². The van der Waals surface area contributed by atoms with Crippen LogP contribution in [0.1, 0.15) is 43.7 Å². The van der Waals surface area contributed by atoms with Gasteiger partial charge in [-0.15, -0.1) is 0 Å². The molecule has 1 saturated heterocycles. The minimum atomic E-state index is -3.30. The summed E-state index contributed by atoms with van der Waals surface area (Å²) in [6.45, 7) is 4.86. The van der Waals surface area contributed by atoms with Crippen molar-refractivity contribution in [2.24, 2.45) is 0 Å². The van der Waals surface area contributed by atoms with Crippen LogP contribution < -0.4 is 5.32 Å². The van der Waals surface area contributed by atoms with Crippen LogP contribution in [0.4, 0.5) is 0 Å². The maximum absolute atomic E-state index is 12.6. The van der Waals surface area contributed by atoms with Crippen molar-refractivity contribution in [3.63, 3.8) is 0 Å². The fourth-order valence-electron chi connectivity index (χ4n) is 2.87. The number of carbonyl (C=O) groups excluding carboxylic acids is 1. The number of nitrogens with zero attached hydrogens (tertiary/aromatic N) is 1. The van der Waals surface area contributed by atoms with Crippen LogP contribution in [0.2, 0.25) is 0 Å². The monoisotopic (exact) mass is 338 g/mol. The zero-order valence-corrected chi connectivity index (χ0v) is 14.7. The highest BCUT2D eigenvalue weighted by atomic mass is 32.2. The quantitative estimate of drug-likeness (QED) is 0.865. The van der Waals surface area contributed by atoms with Crippen molar-refractivity contribution in [1.29, 1.82) is 0 Å². The van der Waals surface area contributed by atoms with Gasteiger partial charge in [-0.2, -0.15) is 0 Å². The van der Waals surface area contributed by atoms with E-state index in [4.69, 9.17) is 0 Å². The summed E-state index contributed by atoms with van der Waals surface area (Å²) in [5.74, 6) is 0.112. The molecule has 1 fully saturated rings. The highest BCUT2D eigenvalue weighted by Crippen LogP contribution is 2.19. The number of amides is 1. The molecule has 1 N–H and O–H groups in total. The lowest BCUT2D eigenvalue weighted by Crippen LogP contribution is -2.46. The van der Waals surface area contributed by atoms with E-state index in [-0.39, 0.29) is 17.7 Å². The Bertz CT molecular complexity index is 635. The van der Waals surface area contributed by atoms with Crippen LogP contribution in [0.5, 0.6) is 0 Å². The molecule has 2 rings (SSSR count). The van der Waals surface area contributed by atoms with Gasteiger partial charge in [0.25, 0.3) is 0 Å². The summed E-state index contributed by atoms with van der Waals surface area (Å²) in [6.07, 6.45) is 2.73. The minimum absolute atomic E-state index is 0.0481. The first-order chi connectivity index (χ1) is 10.9. The summed E-state index contributed by atoms with van der Waals surface area (Å²) in [5.41, 5.74) is 1.85. The van der Waals surface area contributed by atoms with Gasteiger partial charge in [0, 0.05) is 25.6 Å². The van der Waals surface area contributed by atoms with E-state index in [2.05, 4.69) is 5.32 Å². The molecule has 0 atom stereocenters. The number of hydrogen-bond donors (Lipinski definition) is 1. The molecule has 23 heavy (non-hydrogen) atoms. The molecule has 0 unspecified atom stereocenters. The van der Waals surface area contributed by atoms with E-state index in [9.17, 15) is 13.2 Å². The molecule has 0 bridgehead atoms. The van der Waals surface area contributed by atoms with E-state index in [0.29, 0.717) is 32.4 Å². The molecule has 1 heterocycles. The Morgan fingerprint density at radius 1 is 1.26 bits per heavy atom. The third-order valence-electron chi connectivity index (χ3n) is 4.29. The molecular weight excluding hydrogens is 312 g/mol. The summed E-state index contributed by atoms with van der Waals surface area (Å²) in [5, 5.41) is 2.99. The van der Waals surface area contributed by atoms with Gasteiger partial charge in [-0.1, -0.05) is 31.2 Å². The Morgan fingerprint density at radius 3 is 2.52 bits per heavy atom. The van der Waals surface area contributed by atoms with Crippen LogP contribution in [-0.4, -0.2) is 37.8 Å². The van der Waals surface area contributed by atoms with E-state index in [1.807, 2.05) is 38.1 Å². The molecule has 1 amide bonds. The third-order valence-corrected chi connectivity index (χ3v) is 6.12. The van der Waals surface area contributed by atoms with Crippen LogP contribution in [0.15, 0.2) is 24.3 Å². The van der Waals surface area contributed by atoms with Gasteiger partial charge in [0.05, 0.1) is 5.75 Å². The zero-order chi connectivity index (χ0) is 16.9. The van der Waals surface area contributed by atoms with Crippen molar-refractivity contribution in [1.82, 2.24) is 9.62 Å². The molecule has 5 nitrogen and oxygen atoms in total. The van der Waals surface area contributed by atoms with Crippen molar-refractivity contribution in [2.75, 3.05) is 13.1 Å². The predicted molar refractivity (Wildman–Crippen MR) is 91.4 cm³/mol. The molecule has 0 radical (unpaired) electrons. The standard InChI is InChI=1S/C17H26N2O3S/c1-3-6-17(20)18-16-9-11-19(12-10-16)23(21,22)13-15-8-5-4-7-14(15)2/h4-5,7-8,16H,3,6,9-13H2,1-2H3,(H,18,20). The average Bonchev–Trinajstić information content (AvgIpc) is 2.50. The Balaban J connectivity index is 1.91. The fraction of sp³-hybridized carbons (Fsp3) is 0.588. The molecule has 0 aliphatic carbocycles. The predicted octanol–water partition coefficient (Wildman–Crippen LogP) is 2.21. The Morgan fingerprint density at radius 2 is 1.91 bits per heavy atom. The number of carbonyl (C=O) groups is 1. The Kier molecular flexibility index (Phi) is 6.18. The van der Waals surface area contributed by atoms with Crippen LogP contribution >= 0.6 is 0 Å². The maximum atomic E-state index is 12.6. The van der Waals surface area contributed by atoms with Crippen LogP contribution in [0.25, 0.3) is 0 Å². The number of aryl methyl sites for hydroxylation is 1. The van der Waals surface area contributed by atoms with E-state index in [1.165, 1.54) is 0 Å². The van der Waals surface area contributed by atoms with Gasteiger partial charge in [0.2, 0.25) is 15.9 Å². The van der Waals surface area contributed by atoms with Crippen molar-refractivity contribution >= 4 is 15.9 Å². The van der Waals surface area contributed by atoms with E-state index in [0.717, 1.165) is 17.5 Å². The molecule has 0 spiro atoms. The van der Waals surface area contributed by atoms with Crippen molar-refractivity contribution in [3.05, 3.63) is 35.4 Å². The van der Waals surface area contributed by atoms with Gasteiger partial charge in [0.1, 0.15) is 0 Å². The Hall–Kier alpha value is -1.40. The summed E-state index contributed by atoms with van der Waals surface area (Å²) < 4.78 is 26.7. The number of rotatable bonds is 6. The lowest BCUT2D eigenvalue weighted by atomic mass is 10.1. The average molecular weight is 338 g/mol. The largest absolute Gasteiger partial charge is 0.353 e. The molecular formula is C17H26N2O3S. The topological polar surface area (TPSA) is 66.5 Å². The van der Waals surface area contributed by atoms with Crippen molar-refractivity contribution < 1.29 is 13.2 Å². The summed E-state index contributed by atoms with van der Waals surface area (Å²) in [6, 6.07) is 7.67. The van der Waals surface area contributed by atoms with Gasteiger partial charge in [0.15, 0.2) is 0 Å². The first-order valence-electron chi connectivity index (χ1n) is 8.24. The summed E-state index contributed by atoms with van der Waals surface area (Å²) >= 11 is 0. The van der Waals surface area contributed by atoms with Gasteiger partial charge in [-0.3, -0.25) is 4.79 Å². The fourth-order valence-corrected chi connectivity index (χ4v) is 4.53. The third kappa shape index (κ3) is 5.04. The van der Waals surface area contributed by atoms with Crippen molar-refractivity contribution in [2.45, 2.75) is 51.3 Å². The molecule has 0 aromatic heterocycles. The maximum Gasteiger partial charge on any atom is 0.220 e.